The summed E-state index contributed by atoms with van der Waals surface area (Å²) in [6.45, 7) is 6.51. The van der Waals surface area contributed by atoms with Crippen LogP contribution in [0, 0.1) is 0 Å². The fourth-order valence-corrected chi connectivity index (χ4v) is 4.36. The number of thiazole rings is 1. The van der Waals surface area contributed by atoms with Crippen LogP contribution in [0.5, 0.6) is 11.5 Å². The predicted octanol–water partition coefficient (Wildman–Crippen LogP) is 4.03. The highest BCUT2D eigenvalue weighted by molar-refractivity contribution is 7.22. The fourth-order valence-electron chi connectivity index (χ4n) is 3.31. The van der Waals surface area contributed by atoms with Gasteiger partial charge in [0.25, 0.3) is 0 Å². The maximum Gasteiger partial charge on any atom is 0.186 e. The molecule has 0 N–H and O–H groups in total. The number of hydrogen-bond donors (Lipinski definition) is 0. The van der Waals surface area contributed by atoms with Gasteiger partial charge < -0.3 is 19.3 Å². The van der Waals surface area contributed by atoms with E-state index in [0.29, 0.717) is 6.61 Å². The zero-order chi connectivity index (χ0) is 17.9. The summed E-state index contributed by atoms with van der Waals surface area (Å²) in [4.78, 5) is 9.57. The average Bonchev–Trinajstić information content (AvgIpc) is 3.12. The molecular weight excluding hydrogens is 346 g/mol. The Bertz CT molecular complexity index is 888. The molecule has 2 heterocycles. The molecule has 1 fully saturated rings. The van der Waals surface area contributed by atoms with Crippen LogP contribution >= 0.6 is 11.3 Å². The highest BCUT2D eigenvalue weighted by Crippen LogP contribution is 2.33. The van der Waals surface area contributed by atoms with Gasteiger partial charge in [-0.2, -0.15) is 0 Å². The number of aromatic nitrogens is 1. The van der Waals surface area contributed by atoms with E-state index in [1.165, 1.54) is 10.4 Å². The molecule has 1 aromatic heterocycles. The van der Waals surface area contributed by atoms with E-state index >= 15 is 0 Å². The number of methoxy groups -OCH3 is 1. The molecule has 0 bridgehead atoms. The van der Waals surface area contributed by atoms with E-state index < -0.39 is 0 Å². The summed E-state index contributed by atoms with van der Waals surface area (Å²) in [5.41, 5.74) is 2.21. The number of piperazine rings is 1. The smallest absolute Gasteiger partial charge is 0.186 e. The van der Waals surface area contributed by atoms with Crippen LogP contribution in [-0.4, -0.2) is 44.9 Å². The van der Waals surface area contributed by atoms with Crippen LogP contribution in [0.3, 0.4) is 0 Å². The standard InChI is InChI=1S/C20H23N3O2S/c1-3-25-15-8-9-16-19(14-15)26-20(21-16)23-12-10-22(11-13-23)17-6-4-5-7-18(17)24-2/h4-9,14H,3,10-13H2,1-2H3. The number of nitrogens with zero attached hydrogens (tertiary/aromatic N) is 3. The van der Waals surface area contributed by atoms with Crippen LogP contribution in [0.25, 0.3) is 10.2 Å². The molecule has 4 rings (SSSR count). The number of anilines is 2. The second kappa shape index (κ2) is 7.41. The van der Waals surface area contributed by atoms with Crippen molar-refractivity contribution in [1.82, 2.24) is 4.98 Å². The van der Waals surface area contributed by atoms with Gasteiger partial charge in [0.15, 0.2) is 5.13 Å². The zero-order valence-corrected chi connectivity index (χ0v) is 16.0. The van der Waals surface area contributed by atoms with E-state index in [9.17, 15) is 0 Å². The predicted molar refractivity (Wildman–Crippen MR) is 108 cm³/mol. The van der Waals surface area contributed by atoms with Gasteiger partial charge in [-0.1, -0.05) is 23.5 Å². The van der Waals surface area contributed by atoms with Crippen molar-refractivity contribution in [3.63, 3.8) is 0 Å². The number of ether oxygens (including phenoxy) is 2. The first-order valence-corrected chi connectivity index (χ1v) is 9.76. The van der Waals surface area contributed by atoms with Crippen molar-refractivity contribution in [2.75, 3.05) is 49.7 Å². The van der Waals surface area contributed by atoms with Crippen molar-refractivity contribution < 1.29 is 9.47 Å². The lowest BCUT2D eigenvalue weighted by atomic mass is 10.2. The van der Waals surface area contributed by atoms with E-state index in [2.05, 4.69) is 28.0 Å². The van der Waals surface area contributed by atoms with Crippen LogP contribution in [0.4, 0.5) is 10.8 Å². The number of hydrogen-bond acceptors (Lipinski definition) is 6. The molecule has 1 saturated heterocycles. The Morgan fingerprint density at radius 3 is 2.58 bits per heavy atom. The van der Waals surface area contributed by atoms with Crippen molar-refractivity contribution in [2.24, 2.45) is 0 Å². The number of para-hydroxylation sites is 2. The second-order valence-electron chi connectivity index (χ2n) is 6.20. The topological polar surface area (TPSA) is 37.8 Å². The van der Waals surface area contributed by atoms with Gasteiger partial charge in [-0.25, -0.2) is 4.98 Å². The van der Waals surface area contributed by atoms with Crippen LogP contribution < -0.4 is 19.3 Å². The van der Waals surface area contributed by atoms with E-state index in [1.807, 2.05) is 31.2 Å². The Labute approximate surface area is 157 Å². The molecule has 1 aliphatic heterocycles. The van der Waals surface area contributed by atoms with Crippen molar-refractivity contribution in [3.05, 3.63) is 42.5 Å². The minimum Gasteiger partial charge on any atom is -0.495 e. The highest BCUT2D eigenvalue weighted by atomic mass is 32.1. The van der Waals surface area contributed by atoms with Crippen molar-refractivity contribution in [3.8, 4) is 11.5 Å². The Kier molecular flexibility index (Phi) is 4.84. The molecule has 0 aliphatic carbocycles. The number of fused-ring (bicyclic) bond motifs is 1. The van der Waals surface area contributed by atoms with Gasteiger partial charge in [0.05, 0.1) is 29.6 Å². The Morgan fingerprint density at radius 1 is 1.04 bits per heavy atom. The summed E-state index contributed by atoms with van der Waals surface area (Å²) in [7, 11) is 1.73. The Hall–Kier alpha value is -2.47. The van der Waals surface area contributed by atoms with Crippen molar-refractivity contribution in [1.29, 1.82) is 0 Å². The molecule has 0 atom stereocenters. The summed E-state index contributed by atoms with van der Waals surface area (Å²) in [5, 5.41) is 1.09. The van der Waals surface area contributed by atoms with Gasteiger partial charge in [-0.3, -0.25) is 0 Å². The monoisotopic (exact) mass is 369 g/mol. The number of rotatable bonds is 5. The highest BCUT2D eigenvalue weighted by Gasteiger charge is 2.21. The van der Waals surface area contributed by atoms with E-state index in [1.54, 1.807) is 18.4 Å². The molecule has 5 nitrogen and oxygen atoms in total. The average molecular weight is 369 g/mol. The Morgan fingerprint density at radius 2 is 1.81 bits per heavy atom. The molecule has 26 heavy (non-hydrogen) atoms. The van der Waals surface area contributed by atoms with Gasteiger partial charge >= 0.3 is 0 Å². The molecule has 0 radical (unpaired) electrons. The third kappa shape index (κ3) is 3.29. The molecule has 0 unspecified atom stereocenters. The third-order valence-corrected chi connectivity index (χ3v) is 5.71. The van der Waals surface area contributed by atoms with Gasteiger partial charge in [0.1, 0.15) is 11.5 Å². The molecule has 6 heteroatoms. The van der Waals surface area contributed by atoms with E-state index in [0.717, 1.165) is 48.3 Å². The summed E-state index contributed by atoms with van der Waals surface area (Å²) >= 11 is 1.74. The van der Waals surface area contributed by atoms with Gasteiger partial charge in [0.2, 0.25) is 0 Å². The van der Waals surface area contributed by atoms with Gasteiger partial charge in [-0.15, -0.1) is 0 Å². The minimum absolute atomic E-state index is 0.683. The molecular formula is C20H23N3O2S. The lowest BCUT2D eigenvalue weighted by Crippen LogP contribution is -2.46. The molecule has 136 valence electrons. The largest absolute Gasteiger partial charge is 0.495 e. The van der Waals surface area contributed by atoms with E-state index in [4.69, 9.17) is 14.5 Å². The van der Waals surface area contributed by atoms with Gasteiger partial charge in [0, 0.05) is 26.2 Å². The third-order valence-electron chi connectivity index (χ3n) is 4.64. The van der Waals surface area contributed by atoms with Gasteiger partial charge in [-0.05, 0) is 37.3 Å². The SMILES string of the molecule is CCOc1ccc2nc(N3CCN(c4ccccc4OC)CC3)sc2c1. The van der Waals surface area contributed by atoms with Crippen LogP contribution in [0.1, 0.15) is 6.92 Å². The molecule has 2 aromatic carbocycles. The fraction of sp³-hybridized carbons (Fsp3) is 0.350. The molecule has 0 spiro atoms. The summed E-state index contributed by atoms with van der Waals surface area (Å²) in [5.74, 6) is 1.85. The molecule has 0 saturated carbocycles. The van der Waals surface area contributed by atoms with Crippen molar-refractivity contribution >= 4 is 32.4 Å². The maximum atomic E-state index is 5.60. The normalized spacial score (nSPS) is 14.7. The van der Waals surface area contributed by atoms with Crippen LogP contribution in [-0.2, 0) is 0 Å². The quantitative estimate of drug-likeness (QED) is 0.679. The first kappa shape index (κ1) is 17.0. The van der Waals surface area contributed by atoms with E-state index in [-0.39, 0.29) is 0 Å². The summed E-state index contributed by atoms with van der Waals surface area (Å²) < 4.78 is 12.3. The zero-order valence-electron chi connectivity index (χ0n) is 15.1. The summed E-state index contributed by atoms with van der Waals surface area (Å²) in [6, 6.07) is 14.3. The second-order valence-corrected chi connectivity index (χ2v) is 7.21. The summed E-state index contributed by atoms with van der Waals surface area (Å²) in [6.07, 6.45) is 0. The molecule has 3 aromatic rings. The molecule has 1 aliphatic rings. The lowest BCUT2D eigenvalue weighted by Gasteiger charge is -2.36. The van der Waals surface area contributed by atoms with Crippen LogP contribution in [0.2, 0.25) is 0 Å². The minimum atomic E-state index is 0.683. The first-order valence-electron chi connectivity index (χ1n) is 8.95. The van der Waals surface area contributed by atoms with Crippen molar-refractivity contribution in [2.45, 2.75) is 6.92 Å². The Balaban J connectivity index is 1.48. The lowest BCUT2D eigenvalue weighted by molar-refractivity contribution is 0.341. The first-order chi connectivity index (χ1) is 12.8. The maximum absolute atomic E-state index is 5.60. The number of benzene rings is 2. The molecule has 0 amide bonds. The van der Waals surface area contributed by atoms with Crippen LogP contribution in [0.15, 0.2) is 42.5 Å².